The highest BCUT2D eigenvalue weighted by molar-refractivity contribution is 5.77. The lowest BCUT2D eigenvalue weighted by atomic mass is 10.2. The van der Waals surface area contributed by atoms with Crippen LogP contribution < -0.4 is 11.5 Å². The molecular formula is C8H17N3O2. The fourth-order valence-corrected chi connectivity index (χ4v) is 0.836. The number of amidine groups is 1. The van der Waals surface area contributed by atoms with E-state index in [4.69, 9.17) is 11.5 Å². The van der Waals surface area contributed by atoms with Gasteiger partial charge in [-0.05, 0) is 19.8 Å². The van der Waals surface area contributed by atoms with E-state index in [1.165, 1.54) is 7.11 Å². The maximum Gasteiger partial charge on any atom is 0.322 e. The zero-order valence-electron chi connectivity index (χ0n) is 8.12. The van der Waals surface area contributed by atoms with Crippen LogP contribution in [0.15, 0.2) is 4.99 Å². The third kappa shape index (κ3) is 6.10. The molecule has 0 aliphatic rings. The van der Waals surface area contributed by atoms with Gasteiger partial charge in [-0.3, -0.25) is 9.79 Å². The summed E-state index contributed by atoms with van der Waals surface area (Å²) in [6.07, 6.45) is 1.31. The molecule has 0 aliphatic carbocycles. The monoisotopic (exact) mass is 187 g/mol. The number of nitrogens with zero attached hydrogens (tertiary/aromatic N) is 1. The van der Waals surface area contributed by atoms with Crippen molar-refractivity contribution in [2.45, 2.75) is 25.8 Å². The summed E-state index contributed by atoms with van der Waals surface area (Å²) < 4.78 is 4.47. The van der Waals surface area contributed by atoms with Crippen LogP contribution in [-0.4, -0.2) is 31.5 Å². The second kappa shape index (κ2) is 6.42. The SMILES string of the molecule is COC(=O)C(N)CCCN=C(C)N. The number of aliphatic imine (C=N–C) groups is 1. The van der Waals surface area contributed by atoms with Crippen LogP contribution in [-0.2, 0) is 9.53 Å². The molecule has 0 aromatic carbocycles. The summed E-state index contributed by atoms with van der Waals surface area (Å²) in [6, 6.07) is -0.543. The fraction of sp³-hybridized carbons (Fsp3) is 0.750. The first-order chi connectivity index (χ1) is 6.07. The fourth-order valence-electron chi connectivity index (χ4n) is 0.836. The number of methoxy groups -OCH3 is 1. The van der Waals surface area contributed by atoms with Crippen LogP contribution >= 0.6 is 0 Å². The zero-order valence-corrected chi connectivity index (χ0v) is 8.12. The molecule has 0 aromatic rings. The highest BCUT2D eigenvalue weighted by Crippen LogP contribution is 1.96. The number of carbonyl (C=O) groups excluding carboxylic acids is 1. The van der Waals surface area contributed by atoms with Gasteiger partial charge in [0.15, 0.2) is 0 Å². The molecule has 1 unspecified atom stereocenters. The number of esters is 1. The Kier molecular flexibility index (Phi) is 5.88. The average molecular weight is 187 g/mol. The minimum atomic E-state index is -0.543. The van der Waals surface area contributed by atoms with Crippen molar-refractivity contribution in [1.82, 2.24) is 0 Å². The van der Waals surface area contributed by atoms with Crippen molar-refractivity contribution in [3.63, 3.8) is 0 Å². The van der Waals surface area contributed by atoms with Crippen molar-refractivity contribution in [2.75, 3.05) is 13.7 Å². The third-order valence-corrected chi connectivity index (χ3v) is 1.54. The van der Waals surface area contributed by atoms with E-state index >= 15 is 0 Å². The normalized spacial score (nSPS) is 13.9. The average Bonchev–Trinajstić information content (AvgIpc) is 2.10. The maximum atomic E-state index is 10.8. The van der Waals surface area contributed by atoms with E-state index < -0.39 is 6.04 Å². The molecule has 0 radical (unpaired) electrons. The standard InChI is InChI=1S/C8H17N3O2/c1-6(9)11-5-3-4-7(10)8(12)13-2/h7H,3-5,10H2,1-2H3,(H2,9,11). The Morgan fingerprint density at radius 2 is 2.23 bits per heavy atom. The summed E-state index contributed by atoms with van der Waals surface area (Å²) in [5.41, 5.74) is 10.8. The van der Waals surface area contributed by atoms with Gasteiger partial charge in [0, 0.05) is 6.54 Å². The molecule has 13 heavy (non-hydrogen) atoms. The van der Waals surface area contributed by atoms with Gasteiger partial charge in [0.25, 0.3) is 0 Å². The molecule has 0 spiro atoms. The maximum absolute atomic E-state index is 10.8. The van der Waals surface area contributed by atoms with E-state index in [0.717, 1.165) is 6.42 Å². The van der Waals surface area contributed by atoms with Crippen LogP contribution in [0.3, 0.4) is 0 Å². The summed E-state index contributed by atoms with van der Waals surface area (Å²) in [4.78, 5) is 14.8. The highest BCUT2D eigenvalue weighted by atomic mass is 16.5. The van der Waals surface area contributed by atoms with Crippen molar-refractivity contribution >= 4 is 11.8 Å². The molecule has 0 fully saturated rings. The smallest absolute Gasteiger partial charge is 0.322 e. The molecule has 0 heterocycles. The molecule has 4 N–H and O–H groups in total. The van der Waals surface area contributed by atoms with Crippen molar-refractivity contribution < 1.29 is 9.53 Å². The van der Waals surface area contributed by atoms with Crippen LogP contribution in [0, 0.1) is 0 Å². The summed E-state index contributed by atoms with van der Waals surface area (Å²) in [5, 5.41) is 0. The molecule has 0 saturated carbocycles. The summed E-state index contributed by atoms with van der Waals surface area (Å²) in [6.45, 7) is 2.33. The van der Waals surface area contributed by atoms with E-state index in [-0.39, 0.29) is 5.97 Å². The number of hydrogen-bond donors (Lipinski definition) is 2. The van der Waals surface area contributed by atoms with Gasteiger partial charge in [-0.1, -0.05) is 0 Å². The first-order valence-electron chi connectivity index (χ1n) is 4.18. The van der Waals surface area contributed by atoms with Crippen LogP contribution in [0.5, 0.6) is 0 Å². The molecular weight excluding hydrogens is 170 g/mol. The molecule has 0 aliphatic heterocycles. The van der Waals surface area contributed by atoms with Gasteiger partial charge < -0.3 is 16.2 Å². The topological polar surface area (TPSA) is 90.7 Å². The van der Waals surface area contributed by atoms with Gasteiger partial charge in [-0.25, -0.2) is 0 Å². The van der Waals surface area contributed by atoms with Crippen LogP contribution in [0.1, 0.15) is 19.8 Å². The highest BCUT2D eigenvalue weighted by Gasteiger charge is 2.11. The Bertz CT molecular complexity index is 188. The second-order valence-electron chi connectivity index (χ2n) is 2.79. The minimum Gasteiger partial charge on any atom is -0.468 e. The molecule has 1 atom stereocenters. The Balaban J connectivity index is 3.53. The van der Waals surface area contributed by atoms with Gasteiger partial charge in [0.05, 0.1) is 12.9 Å². The van der Waals surface area contributed by atoms with Crippen molar-refractivity contribution in [1.29, 1.82) is 0 Å². The summed E-state index contributed by atoms with van der Waals surface area (Å²) in [7, 11) is 1.32. The van der Waals surface area contributed by atoms with Gasteiger partial charge in [0.2, 0.25) is 0 Å². The predicted octanol–water partition coefficient (Wildman–Crippen LogP) is -0.356. The molecule has 0 amide bonds. The zero-order chi connectivity index (χ0) is 10.3. The van der Waals surface area contributed by atoms with Gasteiger partial charge in [-0.2, -0.15) is 0 Å². The molecule has 0 saturated heterocycles. The number of ether oxygens (including phenoxy) is 1. The van der Waals surface area contributed by atoms with Gasteiger partial charge in [0.1, 0.15) is 6.04 Å². The van der Waals surface area contributed by atoms with E-state index in [0.29, 0.717) is 18.8 Å². The van der Waals surface area contributed by atoms with Crippen LogP contribution in [0.4, 0.5) is 0 Å². The predicted molar refractivity (Wildman–Crippen MR) is 51.4 cm³/mol. The van der Waals surface area contributed by atoms with Gasteiger partial charge >= 0.3 is 5.97 Å². The molecule has 76 valence electrons. The third-order valence-electron chi connectivity index (χ3n) is 1.54. The lowest BCUT2D eigenvalue weighted by Crippen LogP contribution is -2.31. The van der Waals surface area contributed by atoms with E-state index in [9.17, 15) is 4.79 Å². The summed E-state index contributed by atoms with van der Waals surface area (Å²) >= 11 is 0. The Labute approximate surface area is 78.1 Å². The van der Waals surface area contributed by atoms with E-state index in [1.807, 2.05) is 0 Å². The molecule has 0 aromatic heterocycles. The molecule has 0 bridgehead atoms. The van der Waals surface area contributed by atoms with Crippen LogP contribution in [0.25, 0.3) is 0 Å². The molecule has 5 nitrogen and oxygen atoms in total. The first kappa shape index (κ1) is 11.9. The lowest BCUT2D eigenvalue weighted by molar-refractivity contribution is -0.142. The Hall–Kier alpha value is -1.10. The quantitative estimate of drug-likeness (QED) is 0.266. The van der Waals surface area contributed by atoms with Crippen molar-refractivity contribution in [3.05, 3.63) is 0 Å². The van der Waals surface area contributed by atoms with Crippen LogP contribution in [0.2, 0.25) is 0 Å². The number of rotatable bonds is 5. The summed E-state index contributed by atoms with van der Waals surface area (Å²) in [5.74, 6) is 0.167. The minimum absolute atomic E-state index is 0.381. The second-order valence-corrected chi connectivity index (χ2v) is 2.79. The Morgan fingerprint density at radius 1 is 1.62 bits per heavy atom. The van der Waals surface area contributed by atoms with E-state index in [1.54, 1.807) is 6.92 Å². The number of carbonyl (C=O) groups is 1. The van der Waals surface area contributed by atoms with E-state index in [2.05, 4.69) is 9.73 Å². The van der Waals surface area contributed by atoms with Crippen molar-refractivity contribution in [3.8, 4) is 0 Å². The van der Waals surface area contributed by atoms with Crippen molar-refractivity contribution in [2.24, 2.45) is 16.5 Å². The van der Waals surface area contributed by atoms with Gasteiger partial charge in [-0.15, -0.1) is 0 Å². The lowest BCUT2D eigenvalue weighted by Gasteiger charge is -2.07. The number of nitrogens with two attached hydrogens (primary N) is 2. The largest absolute Gasteiger partial charge is 0.468 e. The Morgan fingerprint density at radius 3 is 2.69 bits per heavy atom. The molecule has 0 rings (SSSR count). The first-order valence-corrected chi connectivity index (χ1v) is 4.18. The number of hydrogen-bond acceptors (Lipinski definition) is 4. The molecule has 5 heteroatoms.